The Bertz CT molecular complexity index is 810. The normalized spacial score (nSPS) is 16.5. The molecule has 0 atom stereocenters. The molecule has 2 aromatic rings. The molecule has 0 unspecified atom stereocenters. The summed E-state index contributed by atoms with van der Waals surface area (Å²) in [7, 11) is 0. The van der Waals surface area contributed by atoms with Crippen molar-refractivity contribution in [1.29, 1.82) is 0 Å². The van der Waals surface area contributed by atoms with Crippen molar-refractivity contribution >= 4 is 51.7 Å². The summed E-state index contributed by atoms with van der Waals surface area (Å²) in [6.45, 7) is 2.49. The topological polar surface area (TPSA) is 45.6 Å². The number of carbonyl (C=O) groups excluding carboxylic acids is 1. The predicted molar refractivity (Wildman–Crippen MR) is 101 cm³/mol. The standard InChI is InChI=1S/C17H15Cl2N3OS/c1-11-4-2-5-15(20-11)16(23)22-8-3-9-24-17(22)21-12-6-7-13(18)14(19)10-12/h2,4-7,10H,3,8-9H2,1H3. The number of rotatable bonds is 2. The van der Waals surface area contributed by atoms with Crippen LogP contribution in [0.25, 0.3) is 0 Å². The number of pyridine rings is 1. The molecule has 124 valence electrons. The monoisotopic (exact) mass is 379 g/mol. The third-order valence-corrected chi connectivity index (χ3v) is 5.27. The Morgan fingerprint density at radius 2 is 2.08 bits per heavy atom. The summed E-state index contributed by atoms with van der Waals surface area (Å²) in [5.41, 5.74) is 1.91. The fraction of sp³-hybridized carbons (Fsp3) is 0.235. The van der Waals surface area contributed by atoms with Crippen molar-refractivity contribution in [3.05, 3.63) is 57.8 Å². The lowest BCUT2D eigenvalue weighted by atomic mass is 10.2. The summed E-state index contributed by atoms with van der Waals surface area (Å²) in [6.07, 6.45) is 0.919. The van der Waals surface area contributed by atoms with Crippen LogP contribution in [0.1, 0.15) is 22.6 Å². The molecule has 1 aromatic carbocycles. The average Bonchev–Trinajstić information content (AvgIpc) is 2.58. The molecule has 2 heterocycles. The van der Waals surface area contributed by atoms with Gasteiger partial charge in [0.2, 0.25) is 0 Å². The summed E-state index contributed by atoms with van der Waals surface area (Å²) in [4.78, 5) is 23.4. The van der Waals surface area contributed by atoms with Gasteiger partial charge in [0.1, 0.15) is 5.69 Å². The van der Waals surface area contributed by atoms with Crippen LogP contribution in [0.3, 0.4) is 0 Å². The molecule has 24 heavy (non-hydrogen) atoms. The largest absolute Gasteiger partial charge is 0.286 e. The van der Waals surface area contributed by atoms with Gasteiger partial charge >= 0.3 is 0 Å². The molecule has 0 aliphatic carbocycles. The second-order valence-electron chi connectivity index (χ2n) is 5.32. The average molecular weight is 380 g/mol. The molecule has 0 radical (unpaired) electrons. The summed E-state index contributed by atoms with van der Waals surface area (Å²) in [5, 5.41) is 1.58. The maximum absolute atomic E-state index is 12.8. The van der Waals surface area contributed by atoms with E-state index in [1.54, 1.807) is 40.9 Å². The quantitative estimate of drug-likeness (QED) is 0.740. The number of halogens is 2. The number of carbonyl (C=O) groups is 1. The van der Waals surface area contributed by atoms with Crippen molar-refractivity contribution in [3.8, 4) is 0 Å². The molecule has 1 aliphatic rings. The van der Waals surface area contributed by atoms with E-state index < -0.39 is 0 Å². The molecule has 0 bridgehead atoms. The van der Waals surface area contributed by atoms with E-state index in [2.05, 4.69) is 9.98 Å². The Hall–Kier alpha value is -1.56. The van der Waals surface area contributed by atoms with E-state index in [1.807, 2.05) is 19.1 Å². The second kappa shape index (κ2) is 7.55. The van der Waals surface area contributed by atoms with Crippen LogP contribution in [0.5, 0.6) is 0 Å². The number of amidine groups is 1. The number of nitrogens with zero attached hydrogens (tertiary/aromatic N) is 3. The number of hydrogen-bond acceptors (Lipinski definition) is 4. The zero-order chi connectivity index (χ0) is 17.1. The first kappa shape index (κ1) is 17.3. The van der Waals surface area contributed by atoms with E-state index in [9.17, 15) is 4.79 Å². The molecule has 0 spiro atoms. The van der Waals surface area contributed by atoms with Gasteiger partial charge in [0.15, 0.2) is 5.17 Å². The van der Waals surface area contributed by atoms with E-state index in [0.29, 0.717) is 33.1 Å². The molecule has 1 fully saturated rings. The first-order valence-electron chi connectivity index (χ1n) is 7.46. The van der Waals surface area contributed by atoms with Gasteiger partial charge in [0, 0.05) is 18.0 Å². The van der Waals surface area contributed by atoms with Crippen molar-refractivity contribution < 1.29 is 4.79 Å². The van der Waals surface area contributed by atoms with Crippen molar-refractivity contribution in [2.75, 3.05) is 12.3 Å². The summed E-state index contributed by atoms with van der Waals surface area (Å²) in [6, 6.07) is 10.6. The van der Waals surface area contributed by atoms with Gasteiger partial charge < -0.3 is 0 Å². The molecule has 1 aliphatic heterocycles. The van der Waals surface area contributed by atoms with Crippen molar-refractivity contribution in [1.82, 2.24) is 9.88 Å². The molecular weight excluding hydrogens is 365 g/mol. The van der Waals surface area contributed by atoms with Gasteiger partial charge in [-0.2, -0.15) is 0 Å². The number of benzene rings is 1. The number of aliphatic imine (C=N–C) groups is 1. The van der Waals surface area contributed by atoms with Gasteiger partial charge in [-0.05, 0) is 43.7 Å². The maximum atomic E-state index is 12.8. The van der Waals surface area contributed by atoms with Gasteiger partial charge in [-0.1, -0.05) is 41.0 Å². The fourth-order valence-corrected chi connectivity index (χ4v) is 3.55. The number of hydrogen-bond donors (Lipinski definition) is 0. The third kappa shape index (κ3) is 3.91. The van der Waals surface area contributed by atoms with E-state index in [0.717, 1.165) is 17.9 Å². The van der Waals surface area contributed by atoms with Crippen LogP contribution in [0.2, 0.25) is 10.0 Å². The highest BCUT2D eigenvalue weighted by Crippen LogP contribution is 2.29. The van der Waals surface area contributed by atoms with E-state index in [-0.39, 0.29) is 5.91 Å². The maximum Gasteiger partial charge on any atom is 0.278 e. The Labute approximate surface area is 154 Å². The van der Waals surface area contributed by atoms with Crippen LogP contribution in [-0.2, 0) is 0 Å². The van der Waals surface area contributed by atoms with Crippen LogP contribution in [-0.4, -0.2) is 33.3 Å². The van der Waals surface area contributed by atoms with Gasteiger partial charge in [0.05, 0.1) is 15.7 Å². The van der Waals surface area contributed by atoms with Crippen LogP contribution >= 0.6 is 35.0 Å². The smallest absolute Gasteiger partial charge is 0.278 e. The third-order valence-electron chi connectivity index (χ3n) is 3.47. The fourth-order valence-electron chi connectivity index (χ4n) is 2.31. The summed E-state index contributed by atoms with van der Waals surface area (Å²) in [5.74, 6) is 0.787. The van der Waals surface area contributed by atoms with Gasteiger partial charge in [-0.25, -0.2) is 9.98 Å². The van der Waals surface area contributed by atoms with Crippen molar-refractivity contribution in [2.45, 2.75) is 13.3 Å². The number of thioether (sulfide) groups is 1. The van der Waals surface area contributed by atoms with Crippen molar-refractivity contribution in [2.24, 2.45) is 4.99 Å². The van der Waals surface area contributed by atoms with Crippen LogP contribution < -0.4 is 0 Å². The minimum Gasteiger partial charge on any atom is -0.286 e. The van der Waals surface area contributed by atoms with Gasteiger partial charge in [-0.15, -0.1) is 0 Å². The van der Waals surface area contributed by atoms with E-state index in [1.165, 1.54) is 0 Å². The second-order valence-corrected chi connectivity index (χ2v) is 7.19. The molecular formula is C17H15Cl2N3OS. The SMILES string of the molecule is Cc1cccc(C(=O)N2CCCSC2=Nc2ccc(Cl)c(Cl)c2)n1. The van der Waals surface area contributed by atoms with Gasteiger partial charge in [0.25, 0.3) is 5.91 Å². The highest BCUT2D eigenvalue weighted by Gasteiger charge is 2.25. The molecule has 0 N–H and O–H groups in total. The van der Waals surface area contributed by atoms with Crippen molar-refractivity contribution in [3.63, 3.8) is 0 Å². The Morgan fingerprint density at radius 3 is 2.83 bits per heavy atom. The number of aryl methyl sites for hydroxylation is 1. The van der Waals surface area contributed by atoms with Crippen LogP contribution in [0.4, 0.5) is 5.69 Å². The lowest BCUT2D eigenvalue weighted by molar-refractivity contribution is 0.0843. The van der Waals surface area contributed by atoms with Gasteiger partial charge in [-0.3, -0.25) is 9.69 Å². The van der Waals surface area contributed by atoms with Crippen LogP contribution in [0, 0.1) is 6.92 Å². The van der Waals surface area contributed by atoms with E-state index >= 15 is 0 Å². The Kier molecular flexibility index (Phi) is 5.43. The molecule has 0 saturated carbocycles. The zero-order valence-electron chi connectivity index (χ0n) is 13.0. The molecule has 3 rings (SSSR count). The zero-order valence-corrected chi connectivity index (χ0v) is 15.3. The molecule has 1 aromatic heterocycles. The highest BCUT2D eigenvalue weighted by atomic mass is 35.5. The minimum atomic E-state index is -0.135. The molecule has 1 amide bonds. The highest BCUT2D eigenvalue weighted by molar-refractivity contribution is 8.13. The van der Waals surface area contributed by atoms with Crippen LogP contribution in [0.15, 0.2) is 41.4 Å². The first-order valence-corrected chi connectivity index (χ1v) is 9.21. The Morgan fingerprint density at radius 1 is 1.25 bits per heavy atom. The number of aromatic nitrogens is 1. The molecule has 4 nitrogen and oxygen atoms in total. The lowest BCUT2D eigenvalue weighted by Crippen LogP contribution is -2.39. The number of amides is 1. The summed E-state index contributed by atoms with van der Waals surface area (Å²) >= 11 is 13.5. The molecule has 7 heteroatoms. The Balaban J connectivity index is 1.91. The minimum absolute atomic E-state index is 0.135. The summed E-state index contributed by atoms with van der Waals surface area (Å²) < 4.78 is 0. The van der Waals surface area contributed by atoms with E-state index in [4.69, 9.17) is 23.2 Å². The predicted octanol–water partition coefficient (Wildman–Crippen LogP) is 4.96. The lowest BCUT2D eigenvalue weighted by Gasteiger charge is -2.27. The molecule has 1 saturated heterocycles. The first-order chi connectivity index (χ1) is 11.5.